The number of pyridine rings is 1. The van der Waals surface area contributed by atoms with Crippen molar-refractivity contribution in [1.29, 1.82) is 5.26 Å². The minimum atomic E-state index is -1.10. The summed E-state index contributed by atoms with van der Waals surface area (Å²) in [5, 5.41) is 21.0. The average molecular weight is 353 g/mol. The van der Waals surface area contributed by atoms with Gasteiger partial charge in [0.15, 0.2) is 0 Å². The molecular formula is C13H7BrClN3O2. The Morgan fingerprint density at radius 2 is 2.15 bits per heavy atom. The Morgan fingerprint density at radius 3 is 2.80 bits per heavy atom. The smallest absolute Gasteiger partial charge is 0.335 e. The van der Waals surface area contributed by atoms with Gasteiger partial charge in [0, 0.05) is 4.47 Å². The van der Waals surface area contributed by atoms with Gasteiger partial charge in [-0.25, -0.2) is 9.78 Å². The van der Waals surface area contributed by atoms with E-state index in [0.29, 0.717) is 11.3 Å². The van der Waals surface area contributed by atoms with Crippen molar-refractivity contribution in [3.8, 4) is 6.07 Å². The first-order valence-electron chi connectivity index (χ1n) is 5.37. The summed E-state index contributed by atoms with van der Waals surface area (Å²) in [5.74, 6) is -0.850. The molecule has 0 spiro atoms. The van der Waals surface area contributed by atoms with Crippen LogP contribution in [0.25, 0.3) is 0 Å². The maximum atomic E-state index is 11.0. The summed E-state index contributed by atoms with van der Waals surface area (Å²) in [6, 6.07) is 9.69. The third-order valence-electron chi connectivity index (χ3n) is 2.41. The number of carbonyl (C=O) groups is 1. The third kappa shape index (κ3) is 3.26. The number of benzene rings is 1. The Hall–Kier alpha value is -2.10. The molecule has 1 heterocycles. The first-order chi connectivity index (χ1) is 9.49. The number of carboxylic acids is 1. The van der Waals surface area contributed by atoms with Gasteiger partial charge in [0.2, 0.25) is 0 Å². The molecule has 0 bridgehead atoms. The monoisotopic (exact) mass is 351 g/mol. The Kier molecular flexibility index (Phi) is 4.23. The SMILES string of the molecule is N#Cc1ccc(Br)cc1Nc1cc(C(=O)O)cc(Cl)n1. The standard InChI is InChI=1S/C13H7BrClN3O2/c14-9-2-1-7(6-16)10(5-9)17-12-4-8(13(19)20)3-11(15)18-12/h1-5H,(H,17,18)(H,19,20). The van der Waals surface area contributed by atoms with Gasteiger partial charge in [0.25, 0.3) is 0 Å². The molecule has 5 nitrogen and oxygen atoms in total. The fourth-order valence-corrected chi connectivity index (χ4v) is 2.11. The molecule has 1 aromatic carbocycles. The van der Waals surface area contributed by atoms with Crippen LogP contribution >= 0.6 is 27.5 Å². The zero-order valence-corrected chi connectivity index (χ0v) is 12.2. The van der Waals surface area contributed by atoms with Crippen molar-refractivity contribution in [2.24, 2.45) is 0 Å². The van der Waals surface area contributed by atoms with E-state index in [2.05, 4.69) is 26.2 Å². The fourth-order valence-electron chi connectivity index (χ4n) is 1.54. The second-order valence-electron chi connectivity index (χ2n) is 3.80. The number of rotatable bonds is 3. The molecule has 2 N–H and O–H groups in total. The van der Waals surface area contributed by atoms with Crippen LogP contribution in [0.2, 0.25) is 5.15 Å². The van der Waals surface area contributed by atoms with Crippen molar-refractivity contribution in [2.75, 3.05) is 5.32 Å². The zero-order chi connectivity index (χ0) is 14.7. The van der Waals surface area contributed by atoms with Crippen LogP contribution in [0.4, 0.5) is 11.5 Å². The number of halogens is 2. The van der Waals surface area contributed by atoms with E-state index in [4.69, 9.17) is 22.0 Å². The summed E-state index contributed by atoms with van der Waals surface area (Å²) in [5.41, 5.74) is 0.931. The highest BCUT2D eigenvalue weighted by Gasteiger charge is 2.09. The molecule has 0 aliphatic heterocycles. The van der Waals surface area contributed by atoms with E-state index < -0.39 is 5.97 Å². The van der Waals surface area contributed by atoms with Crippen LogP contribution in [0, 0.1) is 11.3 Å². The van der Waals surface area contributed by atoms with E-state index >= 15 is 0 Å². The maximum Gasteiger partial charge on any atom is 0.335 e. The molecule has 0 aliphatic carbocycles. The van der Waals surface area contributed by atoms with Gasteiger partial charge in [-0.15, -0.1) is 0 Å². The Balaban J connectivity index is 2.42. The molecule has 0 fully saturated rings. The van der Waals surface area contributed by atoms with Gasteiger partial charge in [-0.05, 0) is 30.3 Å². The summed E-state index contributed by atoms with van der Waals surface area (Å²) < 4.78 is 0.777. The van der Waals surface area contributed by atoms with Crippen molar-refractivity contribution in [3.05, 3.63) is 51.1 Å². The molecule has 0 saturated carbocycles. The van der Waals surface area contributed by atoms with Crippen LogP contribution in [-0.2, 0) is 0 Å². The van der Waals surface area contributed by atoms with E-state index in [-0.39, 0.29) is 16.5 Å². The van der Waals surface area contributed by atoms with Crippen LogP contribution in [0.5, 0.6) is 0 Å². The fraction of sp³-hybridized carbons (Fsp3) is 0. The van der Waals surface area contributed by atoms with Crippen molar-refractivity contribution in [2.45, 2.75) is 0 Å². The number of nitrogens with zero attached hydrogens (tertiary/aromatic N) is 2. The van der Waals surface area contributed by atoms with E-state index in [1.807, 2.05) is 6.07 Å². The highest BCUT2D eigenvalue weighted by Crippen LogP contribution is 2.25. The molecule has 1 aromatic heterocycles. The molecule has 0 aliphatic rings. The molecule has 7 heteroatoms. The minimum Gasteiger partial charge on any atom is -0.478 e. The van der Waals surface area contributed by atoms with Gasteiger partial charge in [-0.3, -0.25) is 0 Å². The molecule has 2 rings (SSSR count). The summed E-state index contributed by atoms with van der Waals surface area (Å²) >= 11 is 9.08. The Morgan fingerprint density at radius 1 is 1.40 bits per heavy atom. The maximum absolute atomic E-state index is 11.0. The van der Waals surface area contributed by atoms with E-state index in [1.54, 1.807) is 18.2 Å². The van der Waals surface area contributed by atoms with Gasteiger partial charge >= 0.3 is 5.97 Å². The molecule has 0 saturated heterocycles. The van der Waals surface area contributed by atoms with Crippen molar-refractivity contribution >= 4 is 45.0 Å². The topological polar surface area (TPSA) is 86.0 Å². The predicted octanol–water partition coefficient (Wildman–Crippen LogP) is 3.81. The molecular weight excluding hydrogens is 346 g/mol. The van der Waals surface area contributed by atoms with Gasteiger partial charge in [-0.1, -0.05) is 27.5 Å². The molecule has 0 amide bonds. The highest BCUT2D eigenvalue weighted by molar-refractivity contribution is 9.10. The lowest BCUT2D eigenvalue weighted by atomic mass is 10.2. The van der Waals surface area contributed by atoms with Crippen molar-refractivity contribution in [1.82, 2.24) is 4.98 Å². The zero-order valence-electron chi connectivity index (χ0n) is 9.89. The van der Waals surface area contributed by atoms with E-state index in [0.717, 1.165) is 4.47 Å². The number of hydrogen-bond acceptors (Lipinski definition) is 4. The quantitative estimate of drug-likeness (QED) is 0.820. The van der Waals surface area contributed by atoms with Crippen LogP contribution < -0.4 is 5.32 Å². The lowest BCUT2D eigenvalue weighted by Gasteiger charge is -2.09. The molecule has 100 valence electrons. The predicted molar refractivity (Wildman–Crippen MR) is 78.3 cm³/mol. The second kappa shape index (κ2) is 5.90. The van der Waals surface area contributed by atoms with Crippen molar-refractivity contribution in [3.63, 3.8) is 0 Å². The number of aromatic nitrogens is 1. The highest BCUT2D eigenvalue weighted by atomic mass is 79.9. The first-order valence-corrected chi connectivity index (χ1v) is 6.54. The van der Waals surface area contributed by atoms with Crippen LogP contribution in [0.3, 0.4) is 0 Å². The molecule has 20 heavy (non-hydrogen) atoms. The number of nitrogens with one attached hydrogen (secondary N) is 1. The van der Waals surface area contributed by atoms with Gasteiger partial charge in [-0.2, -0.15) is 5.26 Å². The van der Waals surface area contributed by atoms with Crippen LogP contribution in [0.1, 0.15) is 15.9 Å². The molecule has 2 aromatic rings. The Labute approximate surface area is 128 Å². The minimum absolute atomic E-state index is 0.0148. The summed E-state index contributed by atoms with van der Waals surface area (Å²) in [7, 11) is 0. The average Bonchev–Trinajstić information content (AvgIpc) is 2.38. The summed E-state index contributed by atoms with van der Waals surface area (Å²) in [6.45, 7) is 0. The van der Waals surface area contributed by atoms with Gasteiger partial charge in [0.1, 0.15) is 17.0 Å². The van der Waals surface area contributed by atoms with E-state index in [1.165, 1.54) is 12.1 Å². The van der Waals surface area contributed by atoms with E-state index in [9.17, 15) is 4.79 Å². The number of nitriles is 1. The third-order valence-corrected chi connectivity index (χ3v) is 3.09. The summed E-state index contributed by atoms with van der Waals surface area (Å²) in [4.78, 5) is 14.9. The van der Waals surface area contributed by atoms with Gasteiger partial charge in [0.05, 0.1) is 16.8 Å². The lowest BCUT2D eigenvalue weighted by Crippen LogP contribution is -2.01. The summed E-state index contributed by atoms with van der Waals surface area (Å²) in [6.07, 6.45) is 0. The normalized spacial score (nSPS) is 9.85. The molecule has 0 atom stereocenters. The van der Waals surface area contributed by atoms with Crippen molar-refractivity contribution < 1.29 is 9.90 Å². The number of carboxylic acid groups (broad SMARTS) is 1. The lowest BCUT2D eigenvalue weighted by molar-refractivity contribution is 0.0697. The van der Waals surface area contributed by atoms with Crippen LogP contribution in [-0.4, -0.2) is 16.1 Å². The number of hydrogen-bond donors (Lipinski definition) is 2. The first kappa shape index (κ1) is 14.3. The number of anilines is 2. The molecule has 0 radical (unpaired) electrons. The Bertz CT molecular complexity index is 728. The largest absolute Gasteiger partial charge is 0.478 e. The number of aromatic carboxylic acids is 1. The second-order valence-corrected chi connectivity index (χ2v) is 5.10. The van der Waals surface area contributed by atoms with Crippen LogP contribution in [0.15, 0.2) is 34.8 Å². The van der Waals surface area contributed by atoms with Gasteiger partial charge < -0.3 is 10.4 Å². The molecule has 0 unspecified atom stereocenters.